The van der Waals surface area contributed by atoms with Gasteiger partial charge in [0.2, 0.25) is 5.91 Å². The van der Waals surface area contributed by atoms with Crippen molar-refractivity contribution < 1.29 is 9.53 Å². The molecule has 0 saturated carbocycles. The number of rotatable bonds is 6. The van der Waals surface area contributed by atoms with E-state index in [1.165, 1.54) is 0 Å². The third kappa shape index (κ3) is 5.39. The summed E-state index contributed by atoms with van der Waals surface area (Å²) in [4.78, 5) is 12.8. The van der Waals surface area contributed by atoms with Gasteiger partial charge in [-0.15, -0.1) is 0 Å². The van der Waals surface area contributed by atoms with E-state index in [0.717, 1.165) is 11.1 Å². The molecule has 28 heavy (non-hydrogen) atoms. The predicted molar refractivity (Wildman–Crippen MR) is 112 cm³/mol. The summed E-state index contributed by atoms with van der Waals surface area (Å²) in [5.41, 5.74) is 1.89. The van der Waals surface area contributed by atoms with Crippen LogP contribution in [0, 0.1) is 11.8 Å². The number of nitrogens with one attached hydrogen (secondary N) is 1. The maximum absolute atomic E-state index is 12.8. The van der Waals surface area contributed by atoms with Crippen molar-refractivity contribution in [3.05, 3.63) is 101 Å². The summed E-state index contributed by atoms with van der Waals surface area (Å²) < 4.78 is 5.51. The van der Waals surface area contributed by atoms with Crippen molar-refractivity contribution >= 4 is 17.5 Å². The van der Waals surface area contributed by atoms with Gasteiger partial charge >= 0.3 is 0 Å². The van der Waals surface area contributed by atoms with Crippen molar-refractivity contribution in [3.63, 3.8) is 0 Å². The summed E-state index contributed by atoms with van der Waals surface area (Å²) in [6, 6.07) is 26.7. The van der Waals surface area contributed by atoms with E-state index in [2.05, 4.69) is 17.2 Å². The SMILES string of the molecule is O=C(NCC#CCOc1ccccc1Cl)C(c1ccccc1)c1ccccc1. The van der Waals surface area contributed by atoms with Gasteiger partial charge in [-0.1, -0.05) is 96.2 Å². The number of halogens is 1. The van der Waals surface area contributed by atoms with Crippen LogP contribution in [0.25, 0.3) is 0 Å². The summed E-state index contributed by atoms with van der Waals surface area (Å²) in [7, 11) is 0. The van der Waals surface area contributed by atoms with Crippen LogP contribution in [0.4, 0.5) is 0 Å². The number of carbonyl (C=O) groups is 1. The van der Waals surface area contributed by atoms with Gasteiger partial charge in [0.05, 0.1) is 17.5 Å². The van der Waals surface area contributed by atoms with Crippen molar-refractivity contribution in [3.8, 4) is 17.6 Å². The third-order valence-corrected chi connectivity index (χ3v) is 4.45. The highest BCUT2D eigenvalue weighted by Crippen LogP contribution is 2.24. The van der Waals surface area contributed by atoms with Crippen molar-refractivity contribution in [1.29, 1.82) is 0 Å². The second-order valence-corrected chi connectivity index (χ2v) is 6.45. The Balaban J connectivity index is 1.59. The van der Waals surface area contributed by atoms with E-state index in [0.29, 0.717) is 10.8 Å². The molecule has 3 aromatic carbocycles. The molecule has 0 heterocycles. The number of benzene rings is 3. The summed E-state index contributed by atoms with van der Waals surface area (Å²) in [5.74, 6) is 5.94. The molecule has 4 heteroatoms. The predicted octanol–water partition coefficient (Wildman–Crippen LogP) is 4.67. The Bertz CT molecular complexity index is 922. The minimum absolute atomic E-state index is 0.0845. The van der Waals surface area contributed by atoms with Gasteiger partial charge in [0, 0.05) is 0 Å². The number of para-hydroxylation sites is 1. The van der Waals surface area contributed by atoms with Gasteiger partial charge in [0.1, 0.15) is 12.4 Å². The van der Waals surface area contributed by atoms with Crippen molar-refractivity contribution in [2.24, 2.45) is 0 Å². The van der Waals surface area contributed by atoms with E-state index >= 15 is 0 Å². The lowest BCUT2D eigenvalue weighted by Crippen LogP contribution is -2.30. The number of ether oxygens (including phenoxy) is 1. The Morgan fingerprint density at radius 1 is 0.857 bits per heavy atom. The molecule has 1 amide bonds. The van der Waals surface area contributed by atoms with E-state index in [9.17, 15) is 4.79 Å². The highest BCUT2D eigenvalue weighted by atomic mass is 35.5. The van der Waals surface area contributed by atoms with Gasteiger partial charge in [-0.2, -0.15) is 0 Å². The van der Waals surface area contributed by atoms with Gasteiger partial charge < -0.3 is 10.1 Å². The molecule has 0 aromatic heterocycles. The van der Waals surface area contributed by atoms with Crippen LogP contribution in [0.3, 0.4) is 0 Å². The van der Waals surface area contributed by atoms with Crippen LogP contribution in [0.2, 0.25) is 5.02 Å². The molecule has 0 saturated heterocycles. The molecule has 0 fully saturated rings. The van der Waals surface area contributed by atoms with Crippen LogP contribution in [-0.2, 0) is 4.79 Å². The Morgan fingerprint density at radius 3 is 2.04 bits per heavy atom. The molecule has 3 rings (SSSR count). The van der Waals surface area contributed by atoms with E-state index in [1.807, 2.05) is 72.8 Å². The van der Waals surface area contributed by atoms with E-state index in [-0.39, 0.29) is 25.0 Å². The van der Waals surface area contributed by atoms with E-state index in [4.69, 9.17) is 16.3 Å². The average Bonchev–Trinajstić information content (AvgIpc) is 2.73. The second-order valence-electron chi connectivity index (χ2n) is 6.04. The third-order valence-electron chi connectivity index (χ3n) is 4.14. The maximum atomic E-state index is 12.8. The van der Waals surface area contributed by atoms with Gasteiger partial charge in [0.15, 0.2) is 0 Å². The largest absolute Gasteiger partial charge is 0.479 e. The fourth-order valence-corrected chi connectivity index (χ4v) is 3.00. The molecule has 0 bridgehead atoms. The summed E-state index contributed by atoms with van der Waals surface area (Å²) in [5, 5.41) is 3.44. The monoisotopic (exact) mass is 389 g/mol. The van der Waals surface area contributed by atoms with Gasteiger partial charge in [-0.05, 0) is 23.3 Å². The summed E-state index contributed by atoms with van der Waals surface area (Å²) in [6.45, 7) is 0.460. The molecule has 0 spiro atoms. The van der Waals surface area contributed by atoms with Crippen LogP contribution in [-0.4, -0.2) is 19.1 Å². The van der Waals surface area contributed by atoms with E-state index in [1.54, 1.807) is 12.1 Å². The number of hydrogen-bond acceptors (Lipinski definition) is 2. The lowest BCUT2D eigenvalue weighted by Gasteiger charge is -2.17. The van der Waals surface area contributed by atoms with Gasteiger partial charge in [-0.3, -0.25) is 4.79 Å². The van der Waals surface area contributed by atoms with E-state index < -0.39 is 0 Å². The van der Waals surface area contributed by atoms with Crippen molar-refractivity contribution in [1.82, 2.24) is 5.32 Å². The fraction of sp³-hybridized carbons (Fsp3) is 0.125. The smallest absolute Gasteiger partial charge is 0.232 e. The number of hydrogen-bond donors (Lipinski definition) is 1. The molecule has 1 N–H and O–H groups in total. The highest BCUT2D eigenvalue weighted by molar-refractivity contribution is 6.32. The summed E-state index contributed by atoms with van der Waals surface area (Å²) in [6.07, 6.45) is 0. The van der Waals surface area contributed by atoms with Crippen molar-refractivity contribution in [2.75, 3.05) is 13.2 Å². The average molecular weight is 390 g/mol. The molecule has 0 radical (unpaired) electrons. The zero-order chi connectivity index (χ0) is 19.6. The molecule has 3 nitrogen and oxygen atoms in total. The van der Waals surface area contributed by atoms with Gasteiger partial charge in [-0.25, -0.2) is 0 Å². The Kier molecular flexibility index (Phi) is 7.12. The number of carbonyl (C=O) groups excluding carboxylic acids is 1. The molecular weight excluding hydrogens is 370 g/mol. The lowest BCUT2D eigenvalue weighted by molar-refractivity contribution is -0.121. The molecule has 0 aliphatic rings. The zero-order valence-corrected chi connectivity index (χ0v) is 16.0. The Labute approximate surface area is 170 Å². The van der Waals surface area contributed by atoms with Crippen LogP contribution >= 0.6 is 11.6 Å². The lowest BCUT2D eigenvalue weighted by atomic mass is 9.90. The highest BCUT2D eigenvalue weighted by Gasteiger charge is 2.21. The first-order valence-electron chi connectivity index (χ1n) is 8.96. The fourth-order valence-electron chi connectivity index (χ4n) is 2.81. The second kappa shape index (κ2) is 10.2. The first-order valence-corrected chi connectivity index (χ1v) is 9.34. The van der Waals surface area contributed by atoms with Crippen LogP contribution in [0.5, 0.6) is 5.75 Å². The molecule has 140 valence electrons. The standard InChI is InChI=1S/C24H20ClNO2/c25-21-15-7-8-16-22(21)28-18-10-9-17-26-24(27)23(19-11-3-1-4-12-19)20-13-5-2-6-14-20/h1-8,11-16,23H,17-18H2,(H,26,27). The molecule has 0 atom stereocenters. The van der Waals surface area contributed by atoms with Crippen LogP contribution in [0.1, 0.15) is 17.0 Å². The molecule has 0 unspecified atom stereocenters. The Hall–Kier alpha value is -3.22. The molecule has 0 aliphatic heterocycles. The zero-order valence-electron chi connectivity index (χ0n) is 15.3. The first-order chi connectivity index (χ1) is 13.8. The molecule has 0 aliphatic carbocycles. The summed E-state index contributed by atoms with van der Waals surface area (Å²) >= 11 is 6.03. The quantitative estimate of drug-likeness (QED) is 0.622. The van der Waals surface area contributed by atoms with Crippen LogP contribution < -0.4 is 10.1 Å². The topological polar surface area (TPSA) is 38.3 Å². The minimum atomic E-state index is -0.372. The maximum Gasteiger partial charge on any atom is 0.232 e. The Morgan fingerprint density at radius 2 is 1.43 bits per heavy atom. The van der Waals surface area contributed by atoms with Gasteiger partial charge in [0.25, 0.3) is 0 Å². The molecular formula is C24H20ClNO2. The van der Waals surface area contributed by atoms with Crippen LogP contribution in [0.15, 0.2) is 84.9 Å². The minimum Gasteiger partial charge on any atom is -0.479 e. The number of amides is 1. The van der Waals surface area contributed by atoms with Crippen molar-refractivity contribution in [2.45, 2.75) is 5.92 Å². The molecule has 3 aromatic rings. The normalized spacial score (nSPS) is 10.1. The first kappa shape index (κ1) is 19.5.